The van der Waals surface area contributed by atoms with Gasteiger partial charge in [-0.15, -0.1) is 0 Å². The van der Waals surface area contributed by atoms with E-state index in [0.29, 0.717) is 13.1 Å². The highest BCUT2D eigenvalue weighted by Crippen LogP contribution is 2.13. The first-order chi connectivity index (χ1) is 8.56. The third kappa shape index (κ3) is 4.04. The van der Waals surface area contributed by atoms with Crippen molar-refractivity contribution in [1.29, 1.82) is 0 Å². The van der Waals surface area contributed by atoms with Gasteiger partial charge < -0.3 is 15.3 Å². The molecule has 0 bridgehead atoms. The van der Waals surface area contributed by atoms with Crippen molar-refractivity contribution in [3.05, 3.63) is 34.9 Å². The van der Waals surface area contributed by atoms with Crippen LogP contribution in [0, 0.1) is 13.8 Å². The molecular weight excluding hydrogens is 228 g/mol. The Labute approximate surface area is 109 Å². The van der Waals surface area contributed by atoms with Gasteiger partial charge >= 0.3 is 6.03 Å². The molecule has 100 valence electrons. The van der Waals surface area contributed by atoms with Crippen LogP contribution >= 0.6 is 0 Å². The molecule has 1 aromatic rings. The second kappa shape index (κ2) is 7.01. The van der Waals surface area contributed by atoms with Crippen molar-refractivity contribution in [2.24, 2.45) is 0 Å². The van der Waals surface area contributed by atoms with E-state index in [4.69, 9.17) is 5.11 Å². The highest BCUT2D eigenvalue weighted by atomic mass is 16.3. The van der Waals surface area contributed by atoms with Gasteiger partial charge in [0.2, 0.25) is 0 Å². The maximum atomic E-state index is 11.6. The minimum absolute atomic E-state index is 0.0131. The number of hydrogen-bond donors (Lipinski definition) is 2. The predicted octanol–water partition coefficient (Wildman–Crippen LogP) is 1.48. The Balaban J connectivity index is 2.44. The molecule has 0 spiro atoms. The van der Waals surface area contributed by atoms with Crippen LogP contribution in [-0.2, 0) is 6.42 Å². The molecule has 0 fully saturated rings. The zero-order valence-corrected chi connectivity index (χ0v) is 11.4. The number of aliphatic hydroxyl groups is 1. The van der Waals surface area contributed by atoms with Gasteiger partial charge in [-0.3, -0.25) is 0 Å². The number of nitrogens with zero attached hydrogens (tertiary/aromatic N) is 1. The van der Waals surface area contributed by atoms with Gasteiger partial charge in [0.15, 0.2) is 0 Å². The van der Waals surface area contributed by atoms with E-state index in [1.807, 2.05) is 6.07 Å². The molecule has 0 aliphatic carbocycles. The molecule has 2 amide bonds. The first-order valence-corrected chi connectivity index (χ1v) is 6.21. The van der Waals surface area contributed by atoms with Crippen LogP contribution in [0.4, 0.5) is 4.79 Å². The number of aliphatic hydroxyl groups excluding tert-OH is 1. The number of carbonyl (C=O) groups is 1. The smallest absolute Gasteiger partial charge is 0.317 e. The summed E-state index contributed by atoms with van der Waals surface area (Å²) in [6.45, 7) is 5.13. The lowest BCUT2D eigenvalue weighted by atomic mass is 10.0. The van der Waals surface area contributed by atoms with E-state index in [2.05, 4.69) is 31.3 Å². The average Bonchev–Trinajstić information content (AvgIpc) is 2.33. The van der Waals surface area contributed by atoms with Gasteiger partial charge in [-0.25, -0.2) is 4.79 Å². The monoisotopic (exact) mass is 250 g/mol. The van der Waals surface area contributed by atoms with Crippen molar-refractivity contribution in [1.82, 2.24) is 10.2 Å². The van der Waals surface area contributed by atoms with Gasteiger partial charge in [-0.2, -0.15) is 0 Å². The van der Waals surface area contributed by atoms with Crippen LogP contribution < -0.4 is 5.32 Å². The molecule has 0 aromatic heterocycles. The van der Waals surface area contributed by atoms with Crippen molar-refractivity contribution in [3.63, 3.8) is 0 Å². The van der Waals surface area contributed by atoms with Gasteiger partial charge in [0.1, 0.15) is 0 Å². The minimum atomic E-state index is -0.143. The number of aryl methyl sites for hydroxylation is 2. The average molecular weight is 250 g/mol. The number of carbonyl (C=O) groups excluding carboxylic acids is 1. The molecule has 0 saturated carbocycles. The molecule has 4 heteroatoms. The summed E-state index contributed by atoms with van der Waals surface area (Å²) in [6, 6.07) is 6.07. The number of rotatable bonds is 5. The molecule has 0 aliphatic heterocycles. The molecule has 0 heterocycles. The van der Waals surface area contributed by atoms with E-state index in [-0.39, 0.29) is 12.6 Å². The van der Waals surface area contributed by atoms with Crippen molar-refractivity contribution in [3.8, 4) is 0 Å². The lowest BCUT2D eigenvalue weighted by Gasteiger charge is -2.17. The van der Waals surface area contributed by atoms with Crippen molar-refractivity contribution in [2.75, 3.05) is 26.7 Å². The van der Waals surface area contributed by atoms with E-state index in [9.17, 15) is 4.79 Å². The van der Waals surface area contributed by atoms with E-state index in [1.165, 1.54) is 21.6 Å². The summed E-state index contributed by atoms with van der Waals surface area (Å²) in [5, 5.41) is 11.6. The standard InChI is InChI=1S/C14H22N2O2/c1-11-5-4-6-12(2)13(11)7-8-15-14(18)16(3)9-10-17/h4-6,17H,7-10H2,1-3H3,(H,15,18). The Morgan fingerprint density at radius 2 is 1.94 bits per heavy atom. The minimum Gasteiger partial charge on any atom is -0.395 e. The third-order valence-corrected chi connectivity index (χ3v) is 3.08. The molecule has 0 saturated heterocycles. The normalized spacial score (nSPS) is 10.2. The fraction of sp³-hybridized carbons (Fsp3) is 0.500. The first-order valence-electron chi connectivity index (χ1n) is 6.21. The van der Waals surface area contributed by atoms with Crippen molar-refractivity contribution >= 4 is 6.03 Å². The summed E-state index contributed by atoms with van der Waals surface area (Å²) in [5.41, 5.74) is 3.81. The summed E-state index contributed by atoms with van der Waals surface area (Å²) in [6.07, 6.45) is 0.831. The summed E-state index contributed by atoms with van der Waals surface area (Å²) in [4.78, 5) is 13.1. The first kappa shape index (κ1) is 14.5. The Bertz CT molecular complexity index is 385. The highest BCUT2D eigenvalue weighted by Gasteiger charge is 2.07. The summed E-state index contributed by atoms with van der Waals surface area (Å²) >= 11 is 0. The molecule has 1 aromatic carbocycles. The maximum absolute atomic E-state index is 11.6. The molecule has 18 heavy (non-hydrogen) atoms. The molecule has 0 radical (unpaired) electrons. The summed E-state index contributed by atoms with van der Waals surface area (Å²) < 4.78 is 0. The van der Waals surface area contributed by atoms with Crippen molar-refractivity contribution < 1.29 is 9.90 Å². The van der Waals surface area contributed by atoms with Crippen LogP contribution in [0.3, 0.4) is 0 Å². The molecular formula is C14H22N2O2. The van der Waals surface area contributed by atoms with Gasteiger partial charge in [0, 0.05) is 20.1 Å². The van der Waals surface area contributed by atoms with Crippen LogP contribution in [0.25, 0.3) is 0 Å². The van der Waals surface area contributed by atoms with E-state index in [0.717, 1.165) is 6.42 Å². The fourth-order valence-corrected chi connectivity index (χ4v) is 1.92. The SMILES string of the molecule is Cc1cccc(C)c1CCNC(=O)N(C)CCO. The second-order valence-corrected chi connectivity index (χ2v) is 4.50. The highest BCUT2D eigenvalue weighted by molar-refractivity contribution is 5.73. The summed E-state index contributed by atoms with van der Waals surface area (Å²) in [7, 11) is 1.67. The van der Waals surface area contributed by atoms with Gasteiger partial charge in [-0.1, -0.05) is 18.2 Å². The maximum Gasteiger partial charge on any atom is 0.317 e. The fourth-order valence-electron chi connectivity index (χ4n) is 1.92. The zero-order chi connectivity index (χ0) is 13.5. The van der Waals surface area contributed by atoms with Crippen molar-refractivity contribution in [2.45, 2.75) is 20.3 Å². The largest absolute Gasteiger partial charge is 0.395 e. The molecule has 0 atom stereocenters. The number of nitrogens with one attached hydrogen (secondary N) is 1. The van der Waals surface area contributed by atoms with Crippen LogP contribution in [0.2, 0.25) is 0 Å². The zero-order valence-electron chi connectivity index (χ0n) is 11.4. The molecule has 0 aliphatic rings. The van der Waals surface area contributed by atoms with Crippen LogP contribution in [0.15, 0.2) is 18.2 Å². The van der Waals surface area contributed by atoms with E-state index < -0.39 is 0 Å². The Morgan fingerprint density at radius 1 is 1.33 bits per heavy atom. The van der Waals surface area contributed by atoms with Crippen LogP contribution in [-0.4, -0.2) is 42.8 Å². The lowest BCUT2D eigenvalue weighted by molar-refractivity contribution is 0.190. The second-order valence-electron chi connectivity index (χ2n) is 4.50. The van der Waals surface area contributed by atoms with E-state index in [1.54, 1.807) is 7.05 Å². The molecule has 1 rings (SSSR count). The van der Waals surface area contributed by atoms with Crippen LogP contribution in [0.1, 0.15) is 16.7 Å². The van der Waals surface area contributed by atoms with Gasteiger partial charge in [-0.05, 0) is 37.0 Å². The lowest BCUT2D eigenvalue weighted by Crippen LogP contribution is -2.39. The molecule has 4 nitrogen and oxygen atoms in total. The number of benzene rings is 1. The van der Waals surface area contributed by atoms with Gasteiger partial charge in [0.25, 0.3) is 0 Å². The van der Waals surface area contributed by atoms with Gasteiger partial charge in [0.05, 0.1) is 6.61 Å². The Kier molecular flexibility index (Phi) is 5.65. The summed E-state index contributed by atoms with van der Waals surface area (Å²) in [5.74, 6) is 0. The topological polar surface area (TPSA) is 52.6 Å². The van der Waals surface area contributed by atoms with E-state index >= 15 is 0 Å². The molecule has 2 N–H and O–H groups in total. The number of urea groups is 1. The number of likely N-dealkylation sites (N-methyl/N-ethyl adjacent to an activating group) is 1. The van der Waals surface area contributed by atoms with Crippen LogP contribution in [0.5, 0.6) is 0 Å². The number of hydrogen-bond acceptors (Lipinski definition) is 2. The Morgan fingerprint density at radius 3 is 2.50 bits per heavy atom. The predicted molar refractivity (Wildman–Crippen MR) is 72.7 cm³/mol. The third-order valence-electron chi connectivity index (χ3n) is 3.08. The number of amides is 2. The quantitative estimate of drug-likeness (QED) is 0.831. The molecule has 0 unspecified atom stereocenters. The Hall–Kier alpha value is -1.55.